The van der Waals surface area contributed by atoms with E-state index in [4.69, 9.17) is 4.74 Å². The van der Waals surface area contributed by atoms with Crippen LogP contribution >= 0.6 is 11.5 Å². The lowest BCUT2D eigenvalue weighted by atomic mass is 10.1. The van der Waals surface area contributed by atoms with Crippen molar-refractivity contribution in [3.8, 4) is 5.75 Å². The molecule has 5 rings (SSSR count). The summed E-state index contributed by atoms with van der Waals surface area (Å²) in [6.45, 7) is 2.97. The van der Waals surface area contributed by atoms with Crippen molar-refractivity contribution >= 4 is 43.2 Å². The molecule has 0 unspecified atom stereocenters. The third-order valence-electron chi connectivity index (χ3n) is 6.01. The lowest BCUT2D eigenvalue weighted by Crippen LogP contribution is -2.49. The monoisotopic (exact) mass is 471 g/mol. The van der Waals surface area contributed by atoms with Crippen LogP contribution in [0, 0.1) is 5.92 Å². The predicted molar refractivity (Wildman–Crippen MR) is 126 cm³/mol. The lowest BCUT2D eigenvalue weighted by molar-refractivity contribution is 0.0741. The molecule has 9 heteroatoms. The molecule has 0 spiro atoms. The zero-order valence-corrected chi connectivity index (χ0v) is 19.5. The first-order valence-corrected chi connectivity index (χ1v) is 13.4. The first-order valence-electron chi connectivity index (χ1n) is 10.8. The molecule has 2 aromatic carbocycles. The van der Waals surface area contributed by atoms with Crippen LogP contribution in [-0.4, -0.2) is 62.6 Å². The largest absolute Gasteiger partial charge is 0.492 e. The Morgan fingerprint density at radius 2 is 1.88 bits per heavy atom. The van der Waals surface area contributed by atoms with E-state index in [0.29, 0.717) is 50.0 Å². The third-order valence-corrected chi connectivity index (χ3v) is 7.93. The van der Waals surface area contributed by atoms with Crippen LogP contribution in [0.4, 0.5) is 5.82 Å². The number of fused-ring (bicyclic) bond motifs is 1. The van der Waals surface area contributed by atoms with E-state index in [-0.39, 0.29) is 10.8 Å². The van der Waals surface area contributed by atoms with Crippen LogP contribution in [0.25, 0.3) is 10.1 Å². The average Bonchev–Trinajstić information content (AvgIpc) is 3.53. The van der Waals surface area contributed by atoms with Crippen LogP contribution in [0.5, 0.6) is 5.75 Å². The Bertz CT molecular complexity index is 1260. The third kappa shape index (κ3) is 4.31. The Morgan fingerprint density at radius 3 is 2.59 bits per heavy atom. The molecular formula is C23H25N3O4S2. The molecule has 0 N–H and O–H groups in total. The van der Waals surface area contributed by atoms with Gasteiger partial charge in [-0.05, 0) is 60.6 Å². The summed E-state index contributed by atoms with van der Waals surface area (Å²) in [4.78, 5) is 17.5. The van der Waals surface area contributed by atoms with Crippen molar-refractivity contribution in [1.82, 2.24) is 9.27 Å². The van der Waals surface area contributed by atoms with E-state index in [2.05, 4.69) is 21.4 Å². The first kappa shape index (κ1) is 21.2. The molecule has 2 heterocycles. The lowest BCUT2D eigenvalue weighted by Gasteiger charge is -2.35. The minimum atomic E-state index is -3.43. The molecule has 2 fully saturated rings. The summed E-state index contributed by atoms with van der Waals surface area (Å²) in [5.41, 5.74) is 0.320. The summed E-state index contributed by atoms with van der Waals surface area (Å²) < 4.78 is 35.8. The highest BCUT2D eigenvalue weighted by Gasteiger charge is 2.28. The van der Waals surface area contributed by atoms with Crippen molar-refractivity contribution < 1.29 is 17.9 Å². The molecule has 7 nitrogen and oxygen atoms in total. The molecule has 1 amide bonds. The highest BCUT2D eigenvalue weighted by Crippen LogP contribution is 2.32. The fourth-order valence-electron chi connectivity index (χ4n) is 3.92. The Kier molecular flexibility index (Phi) is 5.54. The number of carbonyl (C=O) groups excluding carboxylic acids is 1. The van der Waals surface area contributed by atoms with Crippen molar-refractivity contribution in [2.75, 3.05) is 43.9 Å². The van der Waals surface area contributed by atoms with Crippen molar-refractivity contribution in [3.05, 3.63) is 48.0 Å². The molecule has 0 atom stereocenters. The number of sulfone groups is 1. The minimum absolute atomic E-state index is 0.132. The van der Waals surface area contributed by atoms with E-state index in [1.165, 1.54) is 23.7 Å². The number of ether oxygens (including phenoxy) is 1. The molecule has 1 aliphatic heterocycles. The Labute approximate surface area is 191 Å². The topological polar surface area (TPSA) is 79.8 Å². The number of carbonyl (C=O) groups is 1. The van der Waals surface area contributed by atoms with E-state index in [1.54, 1.807) is 11.0 Å². The van der Waals surface area contributed by atoms with E-state index in [1.807, 2.05) is 12.1 Å². The highest BCUT2D eigenvalue weighted by molar-refractivity contribution is 7.90. The summed E-state index contributed by atoms with van der Waals surface area (Å²) in [5.74, 6) is 1.76. The van der Waals surface area contributed by atoms with Crippen LogP contribution in [0.2, 0.25) is 0 Å². The van der Waals surface area contributed by atoms with Gasteiger partial charge in [0.25, 0.3) is 5.91 Å². The second kappa shape index (κ2) is 8.37. The van der Waals surface area contributed by atoms with E-state index in [9.17, 15) is 13.2 Å². The quantitative estimate of drug-likeness (QED) is 0.548. The number of amides is 1. The van der Waals surface area contributed by atoms with Gasteiger partial charge in [-0.2, -0.15) is 4.37 Å². The SMILES string of the molecule is CS(=O)(=O)c1ccc(OCC2CC2)c(C(=O)N2CCN(c3nsc4ccccc34)CC2)c1. The fourth-order valence-corrected chi connectivity index (χ4v) is 5.36. The molecule has 1 aliphatic carbocycles. The summed E-state index contributed by atoms with van der Waals surface area (Å²) in [7, 11) is -3.43. The van der Waals surface area contributed by atoms with Crippen LogP contribution in [0.1, 0.15) is 23.2 Å². The summed E-state index contributed by atoms with van der Waals surface area (Å²) >= 11 is 1.48. The fraction of sp³-hybridized carbons (Fsp3) is 0.391. The second-order valence-corrected chi connectivity index (χ2v) is 11.3. The Balaban J connectivity index is 1.34. The number of hydrogen-bond donors (Lipinski definition) is 0. The maximum absolute atomic E-state index is 13.4. The number of aromatic nitrogens is 1. The van der Waals surface area contributed by atoms with Crippen LogP contribution in [0.3, 0.4) is 0 Å². The molecule has 2 aliphatic rings. The molecule has 168 valence electrons. The standard InChI is InChI=1S/C23H25N3O4S2/c1-32(28,29)17-8-9-20(30-15-16-6-7-16)19(14-17)23(27)26-12-10-25(11-13-26)22-18-4-2-3-5-21(18)31-24-22/h2-5,8-9,14,16H,6-7,10-13,15H2,1H3. The summed E-state index contributed by atoms with van der Waals surface area (Å²) in [5, 5.41) is 1.13. The van der Waals surface area contributed by atoms with Crippen molar-refractivity contribution in [3.63, 3.8) is 0 Å². The normalized spacial score (nSPS) is 17.0. The molecule has 1 saturated heterocycles. The minimum Gasteiger partial charge on any atom is -0.492 e. The first-order chi connectivity index (χ1) is 15.4. The van der Waals surface area contributed by atoms with Crippen LogP contribution < -0.4 is 9.64 Å². The summed E-state index contributed by atoms with van der Waals surface area (Å²) in [6.07, 6.45) is 3.42. The molecule has 32 heavy (non-hydrogen) atoms. The number of anilines is 1. The highest BCUT2D eigenvalue weighted by atomic mass is 32.2. The van der Waals surface area contributed by atoms with Crippen LogP contribution in [0.15, 0.2) is 47.4 Å². The maximum atomic E-state index is 13.4. The molecule has 1 saturated carbocycles. The number of nitrogens with zero attached hydrogens (tertiary/aromatic N) is 3. The zero-order valence-electron chi connectivity index (χ0n) is 17.9. The van der Waals surface area contributed by atoms with Gasteiger partial charge < -0.3 is 14.5 Å². The van der Waals surface area contributed by atoms with E-state index in [0.717, 1.165) is 35.0 Å². The average molecular weight is 472 g/mol. The number of benzene rings is 2. The molecule has 0 radical (unpaired) electrons. The summed E-state index contributed by atoms with van der Waals surface area (Å²) in [6, 6.07) is 12.7. The number of rotatable bonds is 6. The molecule has 3 aromatic rings. The maximum Gasteiger partial charge on any atom is 0.257 e. The number of hydrogen-bond acceptors (Lipinski definition) is 7. The smallest absolute Gasteiger partial charge is 0.257 e. The predicted octanol–water partition coefficient (Wildman–Crippen LogP) is 3.45. The van der Waals surface area contributed by atoms with E-state index >= 15 is 0 Å². The van der Waals surface area contributed by atoms with Gasteiger partial charge in [0.2, 0.25) is 0 Å². The van der Waals surface area contributed by atoms with Gasteiger partial charge >= 0.3 is 0 Å². The number of piperazine rings is 1. The molecule has 1 aromatic heterocycles. The van der Waals surface area contributed by atoms with Gasteiger partial charge in [-0.15, -0.1) is 0 Å². The van der Waals surface area contributed by atoms with Gasteiger partial charge in [0, 0.05) is 37.8 Å². The van der Waals surface area contributed by atoms with Gasteiger partial charge in [-0.25, -0.2) is 8.42 Å². The Hall–Kier alpha value is -2.65. The van der Waals surface area contributed by atoms with Crippen LogP contribution in [-0.2, 0) is 9.84 Å². The second-order valence-electron chi connectivity index (χ2n) is 8.47. The Morgan fingerprint density at radius 1 is 1.12 bits per heavy atom. The van der Waals surface area contributed by atoms with Gasteiger partial charge in [0.15, 0.2) is 9.84 Å². The van der Waals surface area contributed by atoms with Gasteiger partial charge in [-0.3, -0.25) is 4.79 Å². The molecule has 0 bridgehead atoms. The van der Waals surface area contributed by atoms with Crippen molar-refractivity contribution in [2.24, 2.45) is 5.92 Å². The van der Waals surface area contributed by atoms with Gasteiger partial charge in [-0.1, -0.05) is 12.1 Å². The van der Waals surface area contributed by atoms with E-state index < -0.39 is 9.84 Å². The van der Waals surface area contributed by atoms with Crippen molar-refractivity contribution in [2.45, 2.75) is 17.7 Å². The molecular weight excluding hydrogens is 446 g/mol. The zero-order chi connectivity index (χ0) is 22.3. The van der Waals surface area contributed by atoms with Crippen molar-refractivity contribution in [1.29, 1.82) is 0 Å². The van der Waals surface area contributed by atoms with Gasteiger partial charge in [0.05, 0.1) is 21.8 Å². The van der Waals surface area contributed by atoms with Gasteiger partial charge in [0.1, 0.15) is 11.6 Å².